The number of nitrogens with zero attached hydrogens (tertiary/aromatic N) is 1. The Kier molecular flexibility index (Phi) is 8.23. The highest BCUT2D eigenvalue weighted by atomic mass is 32.2. The van der Waals surface area contributed by atoms with Crippen LogP contribution >= 0.6 is 11.8 Å². The monoisotopic (exact) mass is 442 g/mol. The molecule has 166 valence electrons. The molecule has 0 bridgehead atoms. The molecule has 0 saturated carbocycles. The van der Waals surface area contributed by atoms with Crippen molar-refractivity contribution in [1.82, 2.24) is 0 Å². The first kappa shape index (κ1) is 23.0. The van der Waals surface area contributed by atoms with Crippen molar-refractivity contribution < 1.29 is 19.1 Å². The minimum atomic E-state index is -0.258. The molecule has 1 saturated heterocycles. The van der Waals surface area contributed by atoms with Crippen LogP contribution in [0.2, 0.25) is 0 Å². The van der Waals surface area contributed by atoms with Crippen LogP contribution in [0.3, 0.4) is 0 Å². The van der Waals surface area contributed by atoms with Gasteiger partial charge in [0.15, 0.2) is 0 Å². The number of benzene rings is 2. The summed E-state index contributed by atoms with van der Waals surface area (Å²) in [7, 11) is 3.17. The molecule has 1 aliphatic rings. The molecular formula is C24H30N2O4S. The first-order chi connectivity index (χ1) is 15.1. The summed E-state index contributed by atoms with van der Waals surface area (Å²) in [6, 6.07) is 13.1. The van der Waals surface area contributed by atoms with Crippen LogP contribution in [0.1, 0.15) is 50.0 Å². The summed E-state index contributed by atoms with van der Waals surface area (Å²) < 4.78 is 10.8. The highest BCUT2D eigenvalue weighted by Crippen LogP contribution is 2.47. The average Bonchev–Trinajstić information content (AvgIpc) is 3.17. The standard InChI is InChI=1S/C24H30N2O4S/c1-4-5-6-7-12-22(27)25-19-11-9-8-10-18(19)24-26(23(28)16-31-24)20-14-13-17(29-2)15-21(20)30-3/h8-11,13-15,24H,4-7,12,16H2,1-3H3,(H,25,27)/t24-/m0/s1. The molecule has 1 heterocycles. The second-order valence-electron chi connectivity index (χ2n) is 7.41. The van der Waals surface area contributed by atoms with Crippen LogP contribution in [0, 0.1) is 0 Å². The number of para-hydroxylation sites is 1. The maximum Gasteiger partial charge on any atom is 0.238 e. The van der Waals surface area contributed by atoms with E-state index in [2.05, 4.69) is 12.2 Å². The molecule has 2 aromatic rings. The van der Waals surface area contributed by atoms with Crippen LogP contribution in [0.4, 0.5) is 11.4 Å². The Morgan fingerprint density at radius 1 is 1.13 bits per heavy atom. The van der Waals surface area contributed by atoms with Gasteiger partial charge in [-0.25, -0.2) is 0 Å². The van der Waals surface area contributed by atoms with Crippen molar-refractivity contribution in [2.45, 2.75) is 44.4 Å². The summed E-state index contributed by atoms with van der Waals surface area (Å²) in [6.45, 7) is 2.15. The molecule has 0 aliphatic carbocycles. The molecule has 7 heteroatoms. The van der Waals surface area contributed by atoms with E-state index in [-0.39, 0.29) is 17.2 Å². The van der Waals surface area contributed by atoms with Gasteiger partial charge in [-0.1, -0.05) is 44.4 Å². The zero-order valence-corrected chi connectivity index (χ0v) is 19.2. The van der Waals surface area contributed by atoms with E-state index < -0.39 is 0 Å². The number of unbranched alkanes of at least 4 members (excludes halogenated alkanes) is 3. The molecule has 0 radical (unpaired) electrons. The Morgan fingerprint density at radius 2 is 1.94 bits per heavy atom. The van der Waals surface area contributed by atoms with Crippen molar-refractivity contribution in [3.05, 3.63) is 48.0 Å². The Hall–Kier alpha value is -2.67. The predicted molar refractivity (Wildman–Crippen MR) is 126 cm³/mol. The summed E-state index contributed by atoms with van der Waals surface area (Å²) in [5.41, 5.74) is 2.33. The van der Waals surface area contributed by atoms with Crippen LogP contribution in [0.5, 0.6) is 11.5 Å². The molecule has 0 spiro atoms. The van der Waals surface area contributed by atoms with Gasteiger partial charge in [0.2, 0.25) is 11.8 Å². The van der Waals surface area contributed by atoms with E-state index in [1.807, 2.05) is 36.4 Å². The third kappa shape index (κ3) is 5.53. The lowest BCUT2D eigenvalue weighted by Crippen LogP contribution is -2.29. The summed E-state index contributed by atoms with van der Waals surface area (Å²) in [5, 5.41) is 2.80. The van der Waals surface area contributed by atoms with Crippen molar-refractivity contribution in [2.75, 3.05) is 30.2 Å². The van der Waals surface area contributed by atoms with Gasteiger partial charge < -0.3 is 14.8 Å². The molecule has 1 N–H and O–H groups in total. The summed E-state index contributed by atoms with van der Waals surface area (Å²) >= 11 is 1.54. The average molecular weight is 443 g/mol. The number of rotatable bonds is 10. The summed E-state index contributed by atoms with van der Waals surface area (Å²) in [5.74, 6) is 1.59. The van der Waals surface area contributed by atoms with Crippen LogP contribution in [-0.4, -0.2) is 31.8 Å². The molecule has 0 unspecified atom stereocenters. The number of carbonyl (C=O) groups is 2. The van der Waals surface area contributed by atoms with E-state index in [1.54, 1.807) is 25.2 Å². The molecule has 31 heavy (non-hydrogen) atoms. The van der Waals surface area contributed by atoms with Crippen LogP contribution in [0.25, 0.3) is 0 Å². The molecular weight excluding hydrogens is 412 g/mol. The minimum absolute atomic E-state index is 0.000776. The van der Waals surface area contributed by atoms with Gasteiger partial charge in [0.1, 0.15) is 16.9 Å². The van der Waals surface area contributed by atoms with Gasteiger partial charge in [-0.05, 0) is 24.6 Å². The lowest BCUT2D eigenvalue weighted by atomic mass is 10.1. The molecule has 3 rings (SSSR count). The number of hydrogen-bond donors (Lipinski definition) is 1. The highest BCUT2D eigenvalue weighted by molar-refractivity contribution is 8.00. The second-order valence-corrected chi connectivity index (χ2v) is 8.48. The highest BCUT2D eigenvalue weighted by Gasteiger charge is 2.37. The first-order valence-electron chi connectivity index (χ1n) is 10.6. The van der Waals surface area contributed by atoms with E-state index in [1.165, 1.54) is 11.8 Å². The van der Waals surface area contributed by atoms with E-state index in [9.17, 15) is 9.59 Å². The minimum Gasteiger partial charge on any atom is -0.497 e. The number of carbonyl (C=O) groups excluding carboxylic acids is 2. The Balaban J connectivity index is 1.85. The fourth-order valence-corrected chi connectivity index (χ4v) is 4.85. The van der Waals surface area contributed by atoms with Gasteiger partial charge in [0.05, 0.1) is 25.7 Å². The van der Waals surface area contributed by atoms with Crippen molar-refractivity contribution in [3.63, 3.8) is 0 Å². The molecule has 1 aliphatic heterocycles. The Labute approximate surface area is 188 Å². The van der Waals surface area contributed by atoms with Gasteiger partial charge in [0.25, 0.3) is 0 Å². The lowest BCUT2D eigenvalue weighted by molar-refractivity contribution is -0.116. The predicted octanol–water partition coefficient (Wildman–Crippen LogP) is 5.39. The van der Waals surface area contributed by atoms with Gasteiger partial charge in [-0.2, -0.15) is 0 Å². The van der Waals surface area contributed by atoms with Crippen LogP contribution < -0.4 is 19.7 Å². The molecule has 0 aromatic heterocycles. The maximum absolute atomic E-state index is 12.8. The lowest BCUT2D eigenvalue weighted by Gasteiger charge is -2.27. The van der Waals surface area contributed by atoms with Crippen molar-refractivity contribution in [3.8, 4) is 11.5 Å². The largest absolute Gasteiger partial charge is 0.497 e. The third-order valence-corrected chi connectivity index (χ3v) is 6.47. The third-order valence-electron chi connectivity index (χ3n) is 5.27. The number of nitrogens with one attached hydrogen (secondary N) is 1. The maximum atomic E-state index is 12.8. The van der Waals surface area contributed by atoms with Gasteiger partial charge in [0, 0.05) is 23.7 Å². The van der Waals surface area contributed by atoms with Crippen molar-refractivity contribution in [2.24, 2.45) is 0 Å². The van der Waals surface area contributed by atoms with Crippen molar-refractivity contribution in [1.29, 1.82) is 0 Å². The molecule has 2 amide bonds. The summed E-state index contributed by atoms with van der Waals surface area (Å²) in [6.07, 6.45) is 4.73. The van der Waals surface area contributed by atoms with Crippen molar-refractivity contribution >= 4 is 35.0 Å². The first-order valence-corrected chi connectivity index (χ1v) is 11.7. The normalized spacial score (nSPS) is 15.8. The van der Waals surface area contributed by atoms with Gasteiger partial charge >= 0.3 is 0 Å². The SMILES string of the molecule is CCCCCCC(=O)Nc1ccccc1[C@@H]1SCC(=O)N1c1ccc(OC)cc1OC. The summed E-state index contributed by atoms with van der Waals surface area (Å²) in [4.78, 5) is 27.1. The molecule has 1 fully saturated rings. The topological polar surface area (TPSA) is 67.9 Å². The second kappa shape index (κ2) is 11.1. The Morgan fingerprint density at radius 3 is 2.68 bits per heavy atom. The number of anilines is 2. The zero-order valence-electron chi connectivity index (χ0n) is 18.3. The number of methoxy groups -OCH3 is 2. The van der Waals surface area contributed by atoms with Crippen LogP contribution in [0.15, 0.2) is 42.5 Å². The molecule has 2 aromatic carbocycles. The van der Waals surface area contributed by atoms with E-state index in [0.717, 1.165) is 36.9 Å². The zero-order chi connectivity index (χ0) is 22.2. The molecule has 6 nitrogen and oxygen atoms in total. The van der Waals surface area contributed by atoms with E-state index >= 15 is 0 Å². The van der Waals surface area contributed by atoms with Crippen LogP contribution in [-0.2, 0) is 9.59 Å². The smallest absolute Gasteiger partial charge is 0.238 e. The van der Waals surface area contributed by atoms with Gasteiger partial charge in [-0.15, -0.1) is 11.8 Å². The number of ether oxygens (including phenoxy) is 2. The van der Waals surface area contributed by atoms with E-state index in [4.69, 9.17) is 9.47 Å². The van der Waals surface area contributed by atoms with Gasteiger partial charge in [-0.3, -0.25) is 14.5 Å². The number of thioether (sulfide) groups is 1. The molecule has 1 atom stereocenters. The number of amides is 2. The fourth-order valence-electron chi connectivity index (χ4n) is 3.65. The Bertz CT molecular complexity index is 918. The van der Waals surface area contributed by atoms with E-state index in [0.29, 0.717) is 29.4 Å². The quantitative estimate of drug-likeness (QED) is 0.500. The fraction of sp³-hybridized carbons (Fsp3) is 0.417. The number of hydrogen-bond acceptors (Lipinski definition) is 5.